The minimum Gasteiger partial charge on any atom is -0.342 e. The maximum Gasteiger partial charge on any atom is 0.254 e. The number of hydrogen-bond acceptors (Lipinski definition) is 3. The van der Waals surface area contributed by atoms with Crippen LogP contribution in [0.25, 0.3) is 0 Å². The minimum atomic E-state index is -1.35. The van der Waals surface area contributed by atoms with Crippen LogP contribution in [-0.2, 0) is 7.05 Å². The molecule has 0 saturated carbocycles. The number of aryl methyl sites for hydroxylation is 1. The quantitative estimate of drug-likeness (QED) is 0.873. The molecule has 8 heteroatoms. The van der Waals surface area contributed by atoms with Gasteiger partial charge in [0.2, 0.25) is 0 Å². The maximum atomic E-state index is 13.5. The van der Waals surface area contributed by atoms with Crippen LogP contribution in [0.5, 0.6) is 0 Å². The SMILES string of the molecule is C[C@@H](NC(=O)c1cc(F)c(F)cc1F)c1ncnn1C. The van der Waals surface area contributed by atoms with Crippen LogP contribution in [0.3, 0.4) is 0 Å². The molecule has 0 bridgehead atoms. The molecule has 106 valence electrons. The van der Waals surface area contributed by atoms with E-state index in [1.54, 1.807) is 14.0 Å². The Morgan fingerprint density at radius 1 is 1.25 bits per heavy atom. The molecule has 0 spiro atoms. The van der Waals surface area contributed by atoms with E-state index in [-0.39, 0.29) is 0 Å². The Morgan fingerprint density at radius 2 is 1.90 bits per heavy atom. The molecule has 0 saturated heterocycles. The summed E-state index contributed by atoms with van der Waals surface area (Å²) in [4.78, 5) is 15.8. The standard InChI is InChI=1S/C12H11F3N4O/c1-6(11-16-5-17-19(11)2)18-12(20)7-3-9(14)10(15)4-8(7)13/h3-6H,1-2H3,(H,18,20)/t6-/m1/s1. The Bertz CT molecular complexity index is 656. The van der Waals surface area contributed by atoms with Crippen LogP contribution in [-0.4, -0.2) is 20.7 Å². The molecule has 1 aromatic heterocycles. The number of halogens is 3. The largest absolute Gasteiger partial charge is 0.342 e. The molecule has 1 amide bonds. The third-order valence-corrected chi connectivity index (χ3v) is 2.74. The summed E-state index contributed by atoms with van der Waals surface area (Å²) in [6.45, 7) is 1.61. The monoisotopic (exact) mass is 284 g/mol. The molecule has 2 aromatic rings. The minimum absolute atomic E-state index is 0.331. The molecule has 0 aliphatic carbocycles. The maximum absolute atomic E-state index is 13.5. The van der Waals surface area contributed by atoms with E-state index in [1.807, 2.05) is 0 Å². The zero-order chi connectivity index (χ0) is 14.9. The number of carbonyl (C=O) groups excluding carboxylic acids is 1. The van der Waals surface area contributed by atoms with Crippen molar-refractivity contribution >= 4 is 5.91 Å². The van der Waals surface area contributed by atoms with Crippen molar-refractivity contribution in [2.24, 2.45) is 7.05 Å². The van der Waals surface area contributed by atoms with Crippen molar-refractivity contribution in [2.75, 3.05) is 0 Å². The molecule has 0 aliphatic heterocycles. The lowest BCUT2D eigenvalue weighted by molar-refractivity contribution is 0.0933. The topological polar surface area (TPSA) is 59.8 Å². The molecule has 0 aliphatic rings. The van der Waals surface area contributed by atoms with Crippen molar-refractivity contribution in [3.8, 4) is 0 Å². The van der Waals surface area contributed by atoms with Crippen LogP contribution in [0.1, 0.15) is 29.1 Å². The van der Waals surface area contributed by atoms with Crippen molar-refractivity contribution in [3.63, 3.8) is 0 Å². The Kier molecular flexibility index (Phi) is 3.73. The van der Waals surface area contributed by atoms with E-state index in [2.05, 4.69) is 15.4 Å². The number of carbonyl (C=O) groups is 1. The summed E-state index contributed by atoms with van der Waals surface area (Å²) in [5.74, 6) is -4.19. The fourth-order valence-corrected chi connectivity index (χ4v) is 1.73. The van der Waals surface area contributed by atoms with Gasteiger partial charge < -0.3 is 5.32 Å². The third kappa shape index (κ3) is 2.63. The fraction of sp³-hybridized carbons (Fsp3) is 0.250. The first-order valence-corrected chi connectivity index (χ1v) is 5.69. The average molecular weight is 284 g/mol. The predicted molar refractivity (Wildman–Crippen MR) is 63.2 cm³/mol. The molecule has 5 nitrogen and oxygen atoms in total. The van der Waals surface area contributed by atoms with E-state index in [4.69, 9.17) is 0 Å². The summed E-state index contributed by atoms with van der Waals surface area (Å²) in [5.41, 5.74) is -0.571. The molecule has 1 N–H and O–H groups in total. The molecular weight excluding hydrogens is 273 g/mol. The summed E-state index contributed by atoms with van der Waals surface area (Å²) in [7, 11) is 1.63. The fourth-order valence-electron chi connectivity index (χ4n) is 1.73. The first-order chi connectivity index (χ1) is 9.40. The van der Waals surface area contributed by atoms with Gasteiger partial charge in [0.25, 0.3) is 5.91 Å². The van der Waals surface area contributed by atoms with Crippen molar-refractivity contribution in [3.05, 3.63) is 47.3 Å². The summed E-state index contributed by atoms with van der Waals surface area (Å²) < 4.78 is 40.7. The van der Waals surface area contributed by atoms with Crippen LogP contribution in [0.2, 0.25) is 0 Å². The summed E-state index contributed by atoms with van der Waals surface area (Å²) >= 11 is 0. The summed E-state index contributed by atoms with van der Waals surface area (Å²) in [6.07, 6.45) is 1.30. The number of aromatic nitrogens is 3. The highest BCUT2D eigenvalue weighted by atomic mass is 19.2. The Balaban J connectivity index is 2.21. The number of benzene rings is 1. The summed E-state index contributed by atoms with van der Waals surface area (Å²) in [6, 6.07) is 0.281. The van der Waals surface area contributed by atoms with Gasteiger partial charge >= 0.3 is 0 Å². The second kappa shape index (κ2) is 5.32. The van der Waals surface area contributed by atoms with Crippen LogP contribution in [0.15, 0.2) is 18.5 Å². The molecule has 1 atom stereocenters. The first kappa shape index (κ1) is 14.0. The normalized spacial score (nSPS) is 12.2. The second-order valence-corrected chi connectivity index (χ2v) is 4.18. The second-order valence-electron chi connectivity index (χ2n) is 4.18. The molecule has 1 heterocycles. The highest BCUT2D eigenvalue weighted by Crippen LogP contribution is 2.15. The highest BCUT2D eigenvalue weighted by Gasteiger charge is 2.20. The molecule has 0 radical (unpaired) electrons. The van der Waals surface area contributed by atoms with Gasteiger partial charge in [0.05, 0.1) is 11.6 Å². The van der Waals surface area contributed by atoms with Gasteiger partial charge in [0, 0.05) is 13.1 Å². The molecule has 2 rings (SSSR count). The number of nitrogens with zero attached hydrogens (tertiary/aromatic N) is 3. The number of hydrogen-bond donors (Lipinski definition) is 1. The van der Waals surface area contributed by atoms with Gasteiger partial charge in [-0.05, 0) is 13.0 Å². The zero-order valence-corrected chi connectivity index (χ0v) is 10.7. The molecular formula is C12H11F3N4O. The first-order valence-electron chi connectivity index (χ1n) is 5.69. The van der Waals surface area contributed by atoms with Crippen LogP contribution < -0.4 is 5.32 Å². The molecule has 20 heavy (non-hydrogen) atoms. The summed E-state index contributed by atoms with van der Waals surface area (Å²) in [5, 5.41) is 6.27. The van der Waals surface area contributed by atoms with E-state index in [0.29, 0.717) is 18.0 Å². The Hall–Kier alpha value is -2.38. The van der Waals surface area contributed by atoms with Gasteiger partial charge in [0.1, 0.15) is 18.0 Å². The molecule has 0 fully saturated rings. The third-order valence-electron chi connectivity index (χ3n) is 2.74. The lowest BCUT2D eigenvalue weighted by atomic mass is 10.1. The van der Waals surface area contributed by atoms with Crippen LogP contribution in [0.4, 0.5) is 13.2 Å². The van der Waals surface area contributed by atoms with Gasteiger partial charge in [-0.25, -0.2) is 18.2 Å². The predicted octanol–water partition coefficient (Wildman–Crippen LogP) is 1.72. The highest BCUT2D eigenvalue weighted by molar-refractivity contribution is 5.94. The Labute approximate surface area is 112 Å². The zero-order valence-electron chi connectivity index (χ0n) is 10.7. The van der Waals surface area contributed by atoms with E-state index >= 15 is 0 Å². The van der Waals surface area contributed by atoms with Gasteiger partial charge in [-0.2, -0.15) is 5.10 Å². The van der Waals surface area contributed by atoms with Crippen molar-refractivity contribution < 1.29 is 18.0 Å². The Morgan fingerprint density at radius 3 is 2.50 bits per heavy atom. The van der Waals surface area contributed by atoms with Crippen LogP contribution >= 0.6 is 0 Å². The van der Waals surface area contributed by atoms with E-state index in [1.165, 1.54) is 11.0 Å². The van der Waals surface area contributed by atoms with Gasteiger partial charge in [0.15, 0.2) is 11.6 Å². The van der Waals surface area contributed by atoms with Gasteiger partial charge in [-0.3, -0.25) is 9.48 Å². The molecule has 1 aromatic carbocycles. The van der Waals surface area contributed by atoms with E-state index in [0.717, 1.165) is 0 Å². The number of amides is 1. The smallest absolute Gasteiger partial charge is 0.254 e. The van der Waals surface area contributed by atoms with Gasteiger partial charge in [-0.15, -0.1) is 0 Å². The van der Waals surface area contributed by atoms with Gasteiger partial charge in [-0.1, -0.05) is 0 Å². The van der Waals surface area contributed by atoms with Crippen molar-refractivity contribution in [1.29, 1.82) is 0 Å². The number of rotatable bonds is 3. The molecule has 0 unspecified atom stereocenters. The lowest BCUT2D eigenvalue weighted by Gasteiger charge is -2.13. The average Bonchev–Trinajstić information content (AvgIpc) is 2.80. The van der Waals surface area contributed by atoms with Crippen molar-refractivity contribution in [1.82, 2.24) is 20.1 Å². The van der Waals surface area contributed by atoms with Crippen LogP contribution in [0, 0.1) is 17.5 Å². The van der Waals surface area contributed by atoms with E-state index in [9.17, 15) is 18.0 Å². The van der Waals surface area contributed by atoms with E-state index < -0.39 is 35.0 Å². The number of nitrogens with one attached hydrogen (secondary N) is 1. The lowest BCUT2D eigenvalue weighted by Crippen LogP contribution is -2.29. The van der Waals surface area contributed by atoms with Crippen molar-refractivity contribution in [2.45, 2.75) is 13.0 Å².